The fourth-order valence-electron chi connectivity index (χ4n) is 1.75. The fraction of sp³-hybridized carbons (Fsp3) is 0.429. The molecule has 0 aliphatic carbocycles. The van der Waals surface area contributed by atoms with E-state index in [1.165, 1.54) is 23.1 Å². The summed E-state index contributed by atoms with van der Waals surface area (Å²) in [5.74, 6) is -1.46. The van der Waals surface area contributed by atoms with Crippen LogP contribution in [0.1, 0.15) is 22.3 Å². The summed E-state index contributed by atoms with van der Waals surface area (Å²) < 4.78 is 4.41. The Morgan fingerprint density at radius 3 is 2.33 bits per heavy atom. The lowest BCUT2D eigenvalue weighted by molar-refractivity contribution is -0.157. The number of hydrogen-bond donors (Lipinski definition) is 0. The van der Waals surface area contributed by atoms with E-state index in [-0.39, 0.29) is 0 Å². The van der Waals surface area contributed by atoms with E-state index in [0.29, 0.717) is 6.54 Å². The van der Waals surface area contributed by atoms with E-state index in [9.17, 15) is 9.59 Å². The summed E-state index contributed by atoms with van der Waals surface area (Å²) in [6.45, 7) is 6.53. The van der Waals surface area contributed by atoms with Crippen LogP contribution in [0.3, 0.4) is 0 Å². The van der Waals surface area contributed by atoms with Gasteiger partial charge in [-0.05, 0) is 43.0 Å². The van der Waals surface area contributed by atoms with Crippen LogP contribution in [0.25, 0.3) is 0 Å². The van der Waals surface area contributed by atoms with Crippen LogP contribution in [0.2, 0.25) is 0 Å². The van der Waals surface area contributed by atoms with E-state index in [0.717, 1.165) is 11.1 Å². The quantitative estimate of drug-likeness (QED) is 0.592. The average Bonchev–Trinajstić information content (AvgIpc) is 2.37. The molecule has 0 radical (unpaired) electrons. The Hall–Kier alpha value is -1.84. The Bertz CT molecular complexity index is 480. The maximum absolute atomic E-state index is 11.6. The standard InChI is InChI=1S/C14H19NO3/c1-9-6-7-12(11(3)10(9)2)8-15(4)13(16)14(17)18-5/h6-7H,8H2,1-5H3. The molecule has 4 nitrogen and oxygen atoms in total. The summed E-state index contributed by atoms with van der Waals surface area (Å²) >= 11 is 0. The maximum atomic E-state index is 11.6. The minimum Gasteiger partial charge on any atom is -0.462 e. The van der Waals surface area contributed by atoms with Crippen molar-refractivity contribution >= 4 is 11.9 Å². The van der Waals surface area contributed by atoms with E-state index < -0.39 is 11.9 Å². The number of amides is 1. The largest absolute Gasteiger partial charge is 0.462 e. The molecule has 0 saturated carbocycles. The van der Waals surface area contributed by atoms with Gasteiger partial charge in [0.2, 0.25) is 0 Å². The van der Waals surface area contributed by atoms with Gasteiger partial charge in [-0.3, -0.25) is 4.79 Å². The van der Waals surface area contributed by atoms with Gasteiger partial charge in [0.05, 0.1) is 7.11 Å². The van der Waals surface area contributed by atoms with Crippen molar-refractivity contribution in [1.29, 1.82) is 0 Å². The minimum absolute atomic E-state index is 0.404. The Balaban J connectivity index is 2.89. The molecule has 0 saturated heterocycles. The zero-order valence-electron chi connectivity index (χ0n) is 11.5. The maximum Gasteiger partial charge on any atom is 0.396 e. The zero-order chi connectivity index (χ0) is 13.9. The average molecular weight is 249 g/mol. The Morgan fingerprint density at radius 1 is 1.17 bits per heavy atom. The van der Waals surface area contributed by atoms with Gasteiger partial charge in [-0.1, -0.05) is 12.1 Å². The molecule has 1 rings (SSSR count). The van der Waals surface area contributed by atoms with Gasteiger partial charge in [-0.15, -0.1) is 0 Å². The lowest BCUT2D eigenvalue weighted by Gasteiger charge is -2.18. The highest BCUT2D eigenvalue weighted by Crippen LogP contribution is 2.18. The van der Waals surface area contributed by atoms with Crippen molar-refractivity contribution in [2.24, 2.45) is 0 Å². The van der Waals surface area contributed by atoms with Gasteiger partial charge < -0.3 is 9.64 Å². The highest BCUT2D eigenvalue weighted by atomic mass is 16.5. The molecule has 0 atom stereocenters. The number of hydrogen-bond acceptors (Lipinski definition) is 3. The number of benzene rings is 1. The van der Waals surface area contributed by atoms with Crippen molar-refractivity contribution in [3.05, 3.63) is 34.4 Å². The molecule has 1 aromatic carbocycles. The molecule has 1 amide bonds. The Labute approximate surface area is 108 Å². The molecule has 0 aromatic heterocycles. The molecule has 0 unspecified atom stereocenters. The highest BCUT2D eigenvalue weighted by Gasteiger charge is 2.19. The van der Waals surface area contributed by atoms with Crippen LogP contribution in [-0.4, -0.2) is 30.9 Å². The second-order valence-corrected chi connectivity index (χ2v) is 4.44. The minimum atomic E-state index is -0.834. The van der Waals surface area contributed by atoms with Crippen molar-refractivity contribution in [1.82, 2.24) is 4.90 Å². The number of nitrogens with zero attached hydrogens (tertiary/aromatic N) is 1. The van der Waals surface area contributed by atoms with Gasteiger partial charge in [0.1, 0.15) is 0 Å². The molecule has 0 bridgehead atoms. The number of aryl methyl sites for hydroxylation is 1. The molecule has 98 valence electrons. The first-order valence-corrected chi connectivity index (χ1v) is 5.77. The van der Waals surface area contributed by atoms with Crippen molar-refractivity contribution in [3.8, 4) is 0 Å². The summed E-state index contributed by atoms with van der Waals surface area (Å²) in [4.78, 5) is 24.1. The predicted octanol–water partition coefficient (Wildman–Crippen LogP) is 1.74. The number of rotatable bonds is 2. The van der Waals surface area contributed by atoms with Gasteiger partial charge in [0.25, 0.3) is 0 Å². The number of esters is 1. The third kappa shape index (κ3) is 2.88. The molecular weight excluding hydrogens is 230 g/mol. The molecule has 4 heteroatoms. The molecule has 0 spiro atoms. The fourth-order valence-corrected chi connectivity index (χ4v) is 1.75. The first kappa shape index (κ1) is 14.2. The lowest BCUT2D eigenvalue weighted by Crippen LogP contribution is -2.33. The van der Waals surface area contributed by atoms with E-state index >= 15 is 0 Å². The van der Waals surface area contributed by atoms with Gasteiger partial charge >= 0.3 is 11.9 Å². The molecule has 0 aliphatic heterocycles. The smallest absolute Gasteiger partial charge is 0.396 e. The normalized spacial score (nSPS) is 10.1. The van der Waals surface area contributed by atoms with Crippen molar-refractivity contribution in [3.63, 3.8) is 0 Å². The van der Waals surface area contributed by atoms with Gasteiger partial charge in [-0.2, -0.15) is 0 Å². The van der Waals surface area contributed by atoms with E-state index in [1.54, 1.807) is 7.05 Å². The molecule has 0 aliphatic rings. The van der Waals surface area contributed by atoms with Crippen LogP contribution in [-0.2, 0) is 20.9 Å². The van der Waals surface area contributed by atoms with Crippen molar-refractivity contribution in [2.75, 3.05) is 14.2 Å². The van der Waals surface area contributed by atoms with Gasteiger partial charge in [-0.25, -0.2) is 4.79 Å². The Morgan fingerprint density at radius 2 is 1.78 bits per heavy atom. The van der Waals surface area contributed by atoms with Crippen LogP contribution >= 0.6 is 0 Å². The first-order valence-electron chi connectivity index (χ1n) is 5.77. The lowest BCUT2D eigenvalue weighted by atomic mass is 9.98. The second kappa shape index (κ2) is 5.67. The number of carbonyl (C=O) groups excluding carboxylic acids is 2. The zero-order valence-corrected chi connectivity index (χ0v) is 11.5. The highest BCUT2D eigenvalue weighted by molar-refractivity contribution is 6.32. The second-order valence-electron chi connectivity index (χ2n) is 4.44. The van der Waals surface area contributed by atoms with E-state index in [1.807, 2.05) is 19.1 Å². The summed E-state index contributed by atoms with van der Waals surface area (Å²) in [5, 5.41) is 0. The number of ether oxygens (including phenoxy) is 1. The monoisotopic (exact) mass is 249 g/mol. The summed E-state index contributed by atoms with van der Waals surface area (Å²) in [5.41, 5.74) is 4.63. The molecular formula is C14H19NO3. The SMILES string of the molecule is COC(=O)C(=O)N(C)Cc1ccc(C)c(C)c1C. The van der Waals surface area contributed by atoms with Crippen LogP contribution in [0.5, 0.6) is 0 Å². The van der Waals surface area contributed by atoms with E-state index in [4.69, 9.17) is 0 Å². The third-order valence-corrected chi connectivity index (χ3v) is 3.28. The predicted molar refractivity (Wildman–Crippen MR) is 69.1 cm³/mol. The summed E-state index contributed by atoms with van der Waals surface area (Å²) in [6, 6.07) is 4.01. The number of carbonyl (C=O) groups is 2. The summed E-state index contributed by atoms with van der Waals surface area (Å²) in [7, 11) is 2.79. The van der Waals surface area contributed by atoms with Crippen LogP contribution in [0, 0.1) is 20.8 Å². The molecule has 0 N–H and O–H groups in total. The third-order valence-electron chi connectivity index (χ3n) is 3.28. The molecule has 1 aromatic rings. The first-order chi connectivity index (χ1) is 8.38. The van der Waals surface area contributed by atoms with Gasteiger partial charge in [0.15, 0.2) is 0 Å². The molecule has 18 heavy (non-hydrogen) atoms. The Kier molecular flexibility index (Phi) is 4.48. The van der Waals surface area contributed by atoms with Crippen LogP contribution in [0.4, 0.5) is 0 Å². The topological polar surface area (TPSA) is 46.6 Å². The molecule has 0 fully saturated rings. The van der Waals surface area contributed by atoms with Crippen LogP contribution < -0.4 is 0 Å². The van der Waals surface area contributed by atoms with Gasteiger partial charge in [0, 0.05) is 13.6 Å². The summed E-state index contributed by atoms with van der Waals surface area (Å²) in [6.07, 6.45) is 0. The van der Waals surface area contributed by atoms with Crippen molar-refractivity contribution in [2.45, 2.75) is 27.3 Å². The van der Waals surface area contributed by atoms with Crippen molar-refractivity contribution < 1.29 is 14.3 Å². The molecule has 0 heterocycles. The van der Waals surface area contributed by atoms with Crippen LogP contribution in [0.15, 0.2) is 12.1 Å². The van der Waals surface area contributed by atoms with E-state index in [2.05, 4.69) is 18.6 Å². The number of likely N-dealkylation sites (N-methyl/N-ethyl adjacent to an activating group) is 1. The number of methoxy groups -OCH3 is 1.